The summed E-state index contributed by atoms with van der Waals surface area (Å²) in [6.07, 6.45) is 80.2. The maximum atomic E-state index is 12.5. The van der Waals surface area contributed by atoms with E-state index in [1.54, 1.807) is 0 Å². The highest BCUT2D eigenvalue weighted by molar-refractivity contribution is 5.76. The van der Waals surface area contributed by atoms with E-state index in [1.807, 2.05) is 0 Å². The zero-order valence-corrected chi connectivity index (χ0v) is 49.8. The number of rotatable bonds is 62. The third kappa shape index (κ3) is 59.3. The van der Waals surface area contributed by atoms with Crippen LogP contribution in [0.2, 0.25) is 0 Å². The van der Waals surface area contributed by atoms with E-state index < -0.39 is 12.1 Å². The molecule has 436 valence electrons. The first-order chi connectivity index (χ1) is 36.5. The molecule has 2 unspecified atom stereocenters. The Morgan fingerprint density at radius 3 is 1.08 bits per heavy atom. The predicted molar refractivity (Wildman–Crippen MR) is 324 cm³/mol. The fraction of sp³-hybridized carbons (Fsp3) is 0.882. The van der Waals surface area contributed by atoms with Crippen LogP contribution in [0.5, 0.6) is 0 Å². The first-order valence-corrected chi connectivity index (χ1v) is 33.2. The van der Waals surface area contributed by atoms with E-state index in [2.05, 4.69) is 55.6 Å². The Morgan fingerprint density at radius 2 is 0.689 bits per heavy atom. The fourth-order valence-corrected chi connectivity index (χ4v) is 10.3. The molecule has 0 aliphatic heterocycles. The molecule has 0 aromatic heterocycles. The van der Waals surface area contributed by atoms with Crippen molar-refractivity contribution in [1.82, 2.24) is 5.32 Å². The molecular weight excluding hydrogens is 911 g/mol. The minimum absolute atomic E-state index is 0.0101. The SMILES string of the molecule is CCCC/C=C\C/C=C\CCCCCCCC(=O)OCCCCCCCCCC/C=C\CCCCCCCCCC(=O)NC(CO)C(O)CCCCCCCCCCCCCCCCCCCCCCCCCC. The molecule has 0 bridgehead atoms. The lowest BCUT2D eigenvalue weighted by Crippen LogP contribution is -2.45. The average Bonchev–Trinajstić information content (AvgIpc) is 3.40. The van der Waals surface area contributed by atoms with Crippen molar-refractivity contribution >= 4 is 11.9 Å². The topological polar surface area (TPSA) is 95.9 Å². The Hall–Kier alpha value is -1.92. The molecule has 0 saturated heterocycles. The largest absolute Gasteiger partial charge is 0.466 e. The molecule has 6 nitrogen and oxygen atoms in total. The summed E-state index contributed by atoms with van der Waals surface area (Å²) in [7, 11) is 0. The highest BCUT2D eigenvalue weighted by Gasteiger charge is 2.20. The molecule has 0 aromatic carbocycles. The Kier molecular flexibility index (Phi) is 62.0. The van der Waals surface area contributed by atoms with Gasteiger partial charge in [0, 0.05) is 12.8 Å². The third-order valence-corrected chi connectivity index (χ3v) is 15.4. The van der Waals surface area contributed by atoms with Crippen molar-refractivity contribution in [2.24, 2.45) is 0 Å². The molecule has 0 fully saturated rings. The van der Waals surface area contributed by atoms with Gasteiger partial charge in [-0.05, 0) is 77.0 Å². The first-order valence-electron chi connectivity index (χ1n) is 33.2. The quantitative estimate of drug-likeness (QED) is 0.0320. The van der Waals surface area contributed by atoms with Gasteiger partial charge in [0.25, 0.3) is 0 Å². The van der Waals surface area contributed by atoms with Gasteiger partial charge >= 0.3 is 5.97 Å². The van der Waals surface area contributed by atoms with Gasteiger partial charge in [0.05, 0.1) is 25.4 Å². The Labute approximate surface area is 462 Å². The van der Waals surface area contributed by atoms with E-state index in [1.165, 1.54) is 270 Å². The lowest BCUT2D eigenvalue weighted by atomic mass is 10.0. The van der Waals surface area contributed by atoms with E-state index in [9.17, 15) is 19.8 Å². The minimum Gasteiger partial charge on any atom is -0.466 e. The van der Waals surface area contributed by atoms with E-state index in [0.717, 1.165) is 57.8 Å². The number of hydrogen-bond donors (Lipinski definition) is 3. The van der Waals surface area contributed by atoms with Gasteiger partial charge in [0.1, 0.15) is 0 Å². The summed E-state index contributed by atoms with van der Waals surface area (Å²) in [6.45, 7) is 4.92. The zero-order valence-electron chi connectivity index (χ0n) is 49.8. The Morgan fingerprint density at radius 1 is 0.378 bits per heavy atom. The smallest absolute Gasteiger partial charge is 0.305 e. The molecule has 0 radical (unpaired) electrons. The van der Waals surface area contributed by atoms with Crippen molar-refractivity contribution in [2.75, 3.05) is 13.2 Å². The van der Waals surface area contributed by atoms with Gasteiger partial charge in [-0.1, -0.05) is 307 Å². The summed E-state index contributed by atoms with van der Waals surface area (Å²) >= 11 is 0. The summed E-state index contributed by atoms with van der Waals surface area (Å²) in [5.74, 6) is -0.0515. The number of aliphatic hydroxyl groups excluding tert-OH is 2. The van der Waals surface area contributed by atoms with Crippen LogP contribution in [0.4, 0.5) is 0 Å². The number of esters is 1. The standard InChI is InChI=1S/C68H129NO5/c1-3-5-7-9-11-13-15-17-19-20-21-22-23-24-25-27-30-33-36-40-44-48-52-56-60-66(71)65(64-70)69-67(72)61-57-53-49-45-41-37-34-31-28-26-29-32-35-39-43-47-51-55-59-63-74-68(73)62-58-54-50-46-42-38-18-16-14-12-10-8-6-4-2/h10,12,16,18,26,28,65-66,70-71H,3-9,11,13-15,17,19-25,27,29-64H2,1-2H3,(H,69,72)/b12-10-,18-16-,28-26-. The summed E-state index contributed by atoms with van der Waals surface area (Å²) in [5, 5.41) is 23.4. The summed E-state index contributed by atoms with van der Waals surface area (Å²) in [5.41, 5.74) is 0. The van der Waals surface area contributed by atoms with E-state index >= 15 is 0 Å². The molecular formula is C68H129NO5. The number of unbranched alkanes of at least 4 members (excludes halogenated alkanes) is 45. The normalized spacial score (nSPS) is 12.8. The number of ether oxygens (including phenoxy) is 1. The minimum atomic E-state index is -0.673. The monoisotopic (exact) mass is 1040 g/mol. The van der Waals surface area contributed by atoms with Crippen LogP contribution in [0, 0.1) is 0 Å². The molecule has 0 aromatic rings. The lowest BCUT2D eigenvalue weighted by molar-refractivity contribution is -0.143. The van der Waals surface area contributed by atoms with Crippen molar-refractivity contribution < 1.29 is 24.5 Å². The summed E-state index contributed by atoms with van der Waals surface area (Å²) in [6, 6.07) is -0.551. The van der Waals surface area contributed by atoms with Crippen molar-refractivity contribution in [3.63, 3.8) is 0 Å². The third-order valence-electron chi connectivity index (χ3n) is 15.4. The second-order valence-electron chi connectivity index (χ2n) is 22.8. The molecule has 1 amide bonds. The highest BCUT2D eigenvalue weighted by Crippen LogP contribution is 2.18. The van der Waals surface area contributed by atoms with E-state index in [0.29, 0.717) is 25.9 Å². The average molecular weight is 1040 g/mol. The highest BCUT2D eigenvalue weighted by atomic mass is 16.5. The number of amides is 1. The van der Waals surface area contributed by atoms with Gasteiger partial charge in [-0.3, -0.25) is 9.59 Å². The Balaban J connectivity index is 3.44. The predicted octanol–water partition coefficient (Wildman–Crippen LogP) is 21.1. The van der Waals surface area contributed by atoms with Crippen molar-refractivity contribution in [1.29, 1.82) is 0 Å². The Bertz CT molecular complexity index is 1200. The number of hydrogen-bond acceptors (Lipinski definition) is 5. The molecule has 0 saturated carbocycles. The van der Waals surface area contributed by atoms with Crippen LogP contribution in [-0.4, -0.2) is 47.4 Å². The van der Waals surface area contributed by atoms with Crippen molar-refractivity contribution in [3.8, 4) is 0 Å². The number of aliphatic hydroxyl groups is 2. The van der Waals surface area contributed by atoms with E-state index in [-0.39, 0.29) is 18.5 Å². The second-order valence-corrected chi connectivity index (χ2v) is 22.8. The fourth-order valence-electron chi connectivity index (χ4n) is 10.3. The summed E-state index contributed by atoms with van der Waals surface area (Å²) in [4.78, 5) is 24.6. The van der Waals surface area contributed by atoms with Crippen LogP contribution in [0.15, 0.2) is 36.5 Å². The van der Waals surface area contributed by atoms with E-state index in [4.69, 9.17) is 4.74 Å². The molecule has 0 aliphatic rings. The maximum Gasteiger partial charge on any atom is 0.305 e. The van der Waals surface area contributed by atoms with Gasteiger partial charge in [0.2, 0.25) is 5.91 Å². The van der Waals surface area contributed by atoms with Crippen LogP contribution in [0.1, 0.15) is 361 Å². The number of carbonyl (C=O) groups is 2. The van der Waals surface area contributed by atoms with Crippen LogP contribution in [0.3, 0.4) is 0 Å². The van der Waals surface area contributed by atoms with Gasteiger partial charge in [-0.2, -0.15) is 0 Å². The number of nitrogens with one attached hydrogen (secondary N) is 1. The van der Waals surface area contributed by atoms with Crippen LogP contribution in [0.25, 0.3) is 0 Å². The van der Waals surface area contributed by atoms with Crippen molar-refractivity contribution in [3.05, 3.63) is 36.5 Å². The lowest BCUT2D eigenvalue weighted by Gasteiger charge is -2.22. The van der Waals surface area contributed by atoms with Gasteiger partial charge < -0.3 is 20.3 Å². The molecule has 0 rings (SSSR count). The number of carbonyl (C=O) groups excluding carboxylic acids is 2. The van der Waals surface area contributed by atoms with Crippen LogP contribution < -0.4 is 5.32 Å². The maximum absolute atomic E-state index is 12.5. The second kappa shape index (κ2) is 63.6. The zero-order chi connectivity index (χ0) is 53.6. The molecule has 6 heteroatoms. The molecule has 0 spiro atoms. The summed E-state index contributed by atoms with van der Waals surface area (Å²) < 4.78 is 5.47. The molecule has 3 N–H and O–H groups in total. The molecule has 74 heavy (non-hydrogen) atoms. The van der Waals surface area contributed by atoms with Crippen LogP contribution >= 0.6 is 0 Å². The van der Waals surface area contributed by atoms with Gasteiger partial charge in [0.15, 0.2) is 0 Å². The molecule has 2 atom stereocenters. The van der Waals surface area contributed by atoms with Crippen LogP contribution in [-0.2, 0) is 14.3 Å². The van der Waals surface area contributed by atoms with Gasteiger partial charge in [-0.25, -0.2) is 0 Å². The first kappa shape index (κ1) is 72.1. The number of allylic oxidation sites excluding steroid dienone is 6. The van der Waals surface area contributed by atoms with Crippen molar-refractivity contribution in [2.45, 2.75) is 373 Å². The van der Waals surface area contributed by atoms with Gasteiger partial charge in [-0.15, -0.1) is 0 Å². The molecule has 0 heterocycles. The molecule has 0 aliphatic carbocycles.